The van der Waals surface area contributed by atoms with E-state index < -0.39 is 0 Å². The van der Waals surface area contributed by atoms with E-state index in [1.807, 2.05) is 12.1 Å². The molecule has 0 aromatic heterocycles. The second-order valence-electron chi connectivity index (χ2n) is 6.64. The highest BCUT2D eigenvalue weighted by molar-refractivity contribution is 5.96. The zero-order valence-corrected chi connectivity index (χ0v) is 17.7. The molecular formula is C23H31NO5. The van der Waals surface area contributed by atoms with E-state index in [1.165, 1.54) is 5.56 Å². The summed E-state index contributed by atoms with van der Waals surface area (Å²) in [5, 5.41) is 3.40. The van der Waals surface area contributed by atoms with Crippen molar-refractivity contribution >= 4 is 5.78 Å². The van der Waals surface area contributed by atoms with Gasteiger partial charge < -0.3 is 24.3 Å². The first-order valence-corrected chi connectivity index (χ1v) is 9.79. The van der Waals surface area contributed by atoms with Gasteiger partial charge in [0.05, 0.1) is 28.4 Å². The molecule has 0 radical (unpaired) electrons. The van der Waals surface area contributed by atoms with Crippen molar-refractivity contribution in [2.75, 3.05) is 41.5 Å². The van der Waals surface area contributed by atoms with Crippen molar-refractivity contribution in [2.24, 2.45) is 0 Å². The average Bonchev–Trinajstić information content (AvgIpc) is 2.77. The number of hydrogen-bond acceptors (Lipinski definition) is 6. The molecule has 0 aliphatic carbocycles. The fourth-order valence-electron chi connectivity index (χ4n) is 3.11. The van der Waals surface area contributed by atoms with Crippen LogP contribution in [0.25, 0.3) is 0 Å². The molecule has 0 bridgehead atoms. The number of ketones is 1. The minimum atomic E-state index is 0.109. The van der Waals surface area contributed by atoms with Gasteiger partial charge >= 0.3 is 0 Å². The lowest BCUT2D eigenvalue weighted by atomic mass is 10.1. The molecule has 0 amide bonds. The summed E-state index contributed by atoms with van der Waals surface area (Å²) in [5.41, 5.74) is 1.86. The van der Waals surface area contributed by atoms with Crippen molar-refractivity contribution in [2.45, 2.75) is 25.7 Å². The monoisotopic (exact) mass is 401 g/mol. The van der Waals surface area contributed by atoms with Crippen LogP contribution in [0.2, 0.25) is 0 Å². The van der Waals surface area contributed by atoms with Crippen LogP contribution in [0.4, 0.5) is 0 Å². The maximum absolute atomic E-state index is 12.4. The van der Waals surface area contributed by atoms with Crippen molar-refractivity contribution in [1.82, 2.24) is 5.32 Å². The first-order chi connectivity index (χ1) is 14.1. The Balaban J connectivity index is 1.66. The van der Waals surface area contributed by atoms with E-state index in [4.69, 9.17) is 18.9 Å². The van der Waals surface area contributed by atoms with E-state index in [1.54, 1.807) is 46.6 Å². The molecule has 1 N–H and O–H groups in total. The van der Waals surface area contributed by atoms with Gasteiger partial charge in [0.25, 0.3) is 0 Å². The van der Waals surface area contributed by atoms with E-state index in [-0.39, 0.29) is 5.78 Å². The fourth-order valence-corrected chi connectivity index (χ4v) is 3.11. The van der Waals surface area contributed by atoms with Crippen LogP contribution in [-0.4, -0.2) is 47.3 Å². The number of benzene rings is 2. The summed E-state index contributed by atoms with van der Waals surface area (Å²) in [6.07, 6.45) is 3.26. The molecule has 2 aromatic carbocycles. The lowest BCUT2D eigenvalue weighted by Gasteiger charge is -2.10. The summed E-state index contributed by atoms with van der Waals surface area (Å²) in [6, 6.07) is 11.3. The van der Waals surface area contributed by atoms with Gasteiger partial charge in [0.2, 0.25) is 0 Å². The number of nitrogens with one attached hydrogen (secondary N) is 1. The highest BCUT2D eigenvalue weighted by Crippen LogP contribution is 2.28. The van der Waals surface area contributed by atoms with Gasteiger partial charge in [-0.2, -0.15) is 0 Å². The van der Waals surface area contributed by atoms with Crippen LogP contribution in [0, 0.1) is 0 Å². The molecule has 0 saturated heterocycles. The Morgan fingerprint density at radius 3 is 2.00 bits per heavy atom. The Bertz CT molecular complexity index is 791. The summed E-state index contributed by atoms with van der Waals surface area (Å²) in [7, 11) is 6.43. The van der Waals surface area contributed by atoms with Gasteiger partial charge in [-0.05, 0) is 68.2 Å². The van der Waals surface area contributed by atoms with Crippen LogP contribution in [0.5, 0.6) is 23.0 Å². The van der Waals surface area contributed by atoms with Crippen LogP contribution in [-0.2, 0) is 6.42 Å². The van der Waals surface area contributed by atoms with Crippen LogP contribution >= 0.6 is 0 Å². The molecule has 0 saturated carbocycles. The molecule has 0 heterocycles. The molecule has 0 aliphatic rings. The van der Waals surface area contributed by atoms with Gasteiger partial charge in [-0.25, -0.2) is 0 Å². The number of carbonyl (C=O) groups excluding carboxylic acids is 1. The van der Waals surface area contributed by atoms with Crippen molar-refractivity contribution < 1.29 is 23.7 Å². The third kappa shape index (κ3) is 6.68. The van der Waals surface area contributed by atoms with Crippen molar-refractivity contribution in [3.63, 3.8) is 0 Å². The Hall–Kier alpha value is -2.73. The second kappa shape index (κ2) is 12.0. The summed E-state index contributed by atoms with van der Waals surface area (Å²) < 4.78 is 21.1. The lowest BCUT2D eigenvalue weighted by Crippen LogP contribution is -2.18. The number of methoxy groups -OCH3 is 4. The van der Waals surface area contributed by atoms with Gasteiger partial charge in [-0.15, -0.1) is 0 Å². The van der Waals surface area contributed by atoms with E-state index in [0.717, 1.165) is 43.9 Å². The number of carbonyl (C=O) groups is 1. The summed E-state index contributed by atoms with van der Waals surface area (Å²) in [4.78, 5) is 12.4. The molecule has 158 valence electrons. The smallest absolute Gasteiger partial charge is 0.163 e. The largest absolute Gasteiger partial charge is 0.493 e. The van der Waals surface area contributed by atoms with E-state index in [2.05, 4.69) is 11.4 Å². The summed E-state index contributed by atoms with van der Waals surface area (Å²) in [6.45, 7) is 1.71. The number of rotatable bonds is 13. The standard InChI is InChI=1S/C23H31NO5/c1-26-20-11-9-17(15-22(20)28-3)7-5-13-24-14-6-8-19(25)18-10-12-21(27-2)23(16-18)29-4/h9-12,15-16,24H,5-8,13-14H2,1-4H3. The van der Waals surface area contributed by atoms with Gasteiger partial charge in [0.15, 0.2) is 28.8 Å². The van der Waals surface area contributed by atoms with Crippen molar-refractivity contribution in [3.8, 4) is 23.0 Å². The summed E-state index contributed by atoms with van der Waals surface area (Å²) >= 11 is 0. The van der Waals surface area contributed by atoms with E-state index >= 15 is 0 Å². The molecule has 0 aliphatic heterocycles. The quantitative estimate of drug-likeness (QED) is 0.406. The first-order valence-electron chi connectivity index (χ1n) is 9.79. The van der Waals surface area contributed by atoms with Gasteiger partial charge in [0.1, 0.15) is 0 Å². The normalized spacial score (nSPS) is 10.5. The zero-order chi connectivity index (χ0) is 21.1. The first kappa shape index (κ1) is 22.6. The number of ether oxygens (including phenoxy) is 4. The molecule has 0 unspecified atom stereocenters. The average molecular weight is 402 g/mol. The molecule has 0 fully saturated rings. The molecule has 0 atom stereocenters. The molecule has 6 nitrogen and oxygen atoms in total. The van der Waals surface area contributed by atoms with E-state index in [9.17, 15) is 4.79 Å². The van der Waals surface area contributed by atoms with E-state index in [0.29, 0.717) is 23.5 Å². The third-order valence-corrected chi connectivity index (χ3v) is 4.73. The Labute approximate surface area is 173 Å². The molecule has 0 spiro atoms. The van der Waals surface area contributed by atoms with Gasteiger partial charge in [-0.1, -0.05) is 6.07 Å². The molecule has 2 aromatic rings. The lowest BCUT2D eigenvalue weighted by molar-refractivity contribution is 0.0979. The maximum atomic E-state index is 12.4. The highest BCUT2D eigenvalue weighted by Gasteiger charge is 2.10. The Morgan fingerprint density at radius 2 is 1.34 bits per heavy atom. The topological polar surface area (TPSA) is 66.0 Å². The fraction of sp³-hybridized carbons (Fsp3) is 0.435. The zero-order valence-electron chi connectivity index (χ0n) is 17.7. The SMILES string of the molecule is COc1ccc(CCCNCCCC(=O)c2ccc(OC)c(OC)c2)cc1OC. The van der Waals surface area contributed by atoms with Gasteiger partial charge in [-0.3, -0.25) is 4.79 Å². The minimum absolute atomic E-state index is 0.109. The number of hydrogen-bond donors (Lipinski definition) is 1. The van der Waals surface area contributed by atoms with Crippen LogP contribution < -0.4 is 24.3 Å². The molecule has 29 heavy (non-hydrogen) atoms. The Kier molecular flexibility index (Phi) is 9.31. The van der Waals surface area contributed by atoms with Gasteiger partial charge in [0, 0.05) is 12.0 Å². The summed E-state index contributed by atoms with van der Waals surface area (Å²) in [5.74, 6) is 2.81. The number of Topliss-reactive ketones (excluding diaryl/α,β-unsaturated/α-hetero) is 1. The molecule has 6 heteroatoms. The van der Waals surface area contributed by atoms with Crippen molar-refractivity contribution in [1.29, 1.82) is 0 Å². The Morgan fingerprint density at radius 1 is 0.759 bits per heavy atom. The predicted octanol–water partition coefficient (Wildman–Crippen LogP) is 3.91. The molecule has 2 rings (SSSR count). The van der Waals surface area contributed by atoms with Crippen molar-refractivity contribution in [3.05, 3.63) is 47.5 Å². The maximum Gasteiger partial charge on any atom is 0.163 e. The van der Waals surface area contributed by atoms with Crippen LogP contribution in [0.15, 0.2) is 36.4 Å². The third-order valence-electron chi connectivity index (χ3n) is 4.73. The predicted molar refractivity (Wildman–Crippen MR) is 114 cm³/mol. The number of aryl methyl sites for hydroxylation is 1. The minimum Gasteiger partial charge on any atom is -0.493 e. The second-order valence-corrected chi connectivity index (χ2v) is 6.64. The van der Waals surface area contributed by atoms with Crippen LogP contribution in [0.3, 0.4) is 0 Å². The van der Waals surface area contributed by atoms with Crippen LogP contribution in [0.1, 0.15) is 35.2 Å². The molecular weight excluding hydrogens is 370 g/mol. The highest BCUT2D eigenvalue weighted by atomic mass is 16.5.